The Kier molecular flexibility index (Phi) is 4.86. The van der Waals surface area contributed by atoms with E-state index < -0.39 is 0 Å². The molecule has 3 nitrogen and oxygen atoms in total. The van der Waals surface area contributed by atoms with Crippen molar-refractivity contribution in [1.29, 1.82) is 0 Å². The maximum Gasteiger partial charge on any atom is 0.342 e. The van der Waals surface area contributed by atoms with E-state index in [4.69, 9.17) is 4.74 Å². The molecule has 2 unspecified atom stereocenters. The van der Waals surface area contributed by atoms with Gasteiger partial charge in [0.1, 0.15) is 5.00 Å². The Bertz CT molecular complexity index is 430. The minimum absolute atomic E-state index is 0.181. The monoisotopic (exact) mass is 281 g/mol. The van der Waals surface area contributed by atoms with Gasteiger partial charge in [-0.1, -0.05) is 26.7 Å². The van der Waals surface area contributed by atoms with Crippen molar-refractivity contribution in [2.24, 2.45) is 5.92 Å². The van der Waals surface area contributed by atoms with Crippen LogP contribution in [0.4, 0.5) is 5.00 Å². The lowest BCUT2D eigenvalue weighted by atomic mass is 9.97. The summed E-state index contributed by atoms with van der Waals surface area (Å²) in [7, 11) is 0. The Morgan fingerprint density at radius 2 is 2.16 bits per heavy atom. The highest BCUT2D eigenvalue weighted by atomic mass is 32.1. The molecule has 2 heterocycles. The van der Waals surface area contributed by atoms with Crippen LogP contribution in [-0.2, 0) is 4.74 Å². The second-order valence-electron chi connectivity index (χ2n) is 5.49. The van der Waals surface area contributed by atoms with Crippen molar-refractivity contribution in [2.45, 2.75) is 52.5 Å². The van der Waals surface area contributed by atoms with Gasteiger partial charge in [-0.05, 0) is 37.1 Å². The summed E-state index contributed by atoms with van der Waals surface area (Å²) in [5, 5.41) is 3.04. The number of anilines is 1. The summed E-state index contributed by atoms with van der Waals surface area (Å²) in [6.07, 6.45) is 4.94. The van der Waals surface area contributed by atoms with Gasteiger partial charge in [0.15, 0.2) is 6.73 Å². The second kappa shape index (κ2) is 6.42. The Hall–Kier alpha value is -1.03. The smallest absolute Gasteiger partial charge is 0.342 e. The number of carbonyl (C=O) groups excluding carboxylic acids is 1. The van der Waals surface area contributed by atoms with E-state index in [9.17, 15) is 4.79 Å². The summed E-state index contributed by atoms with van der Waals surface area (Å²) in [6, 6.07) is 2.28. The average Bonchev–Trinajstić information content (AvgIpc) is 2.87. The van der Waals surface area contributed by atoms with Gasteiger partial charge in [-0.15, -0.1) is 11.3 Å². The van der Waals surface area contributed by atoms with Crippen LogP contribution < -0.4 is 4.90 Å². The quantitative estimate of drug-likeness (QED) is 0.729. The molecule has 0 aliphatic carbocycles. The van der Waals surface area contributed by atoms with Crippen LogP contribution in [0.3, 0.4) is 0 Å². The molecule has 2 rings (SSSR count). The fourth-order valence-electron chi connectivity index (χ4n) is 2.59. The third kappa shape index (κ3) is 3.30. The lowest BCUT2D eigenvalue weighted by Crippen LogP contribution is -2.39. The molecule has 106 valence electrons. The van der Waals surface area contributed by atoms with E-state index in [0.717, 1.165) is 22.9 Å². The van der Waals surface area contributed by atoms with E-state index in [2.05, 4.69) is 25.7 Å². The van der Waals surface area contributed by atoms with Crippen molar-refractivity contribution in [2.75, 3.05) is 11.6 Å². The highest BCUT2D eigenvalue weighted by Crippen LogP contribution is 2.34. The zero-order valence-corrected chi connectivity index (χ0v) is 12.8. The molecule has 1 aliphatic rings. The van der Waals surface area contributed by atoms with Crippen LogP contribution in [0.5, 0.6) is 0 Å². The average molecular weight is 281 g/mol. The van der Waals surface area contributed by atoms with Gasteiger partial charge in [0.2, 0.25) is 0 Å². The number of thiophene rings is 1. The van der Waals surface area contributed by atoms with Crippen LogP contribution in [0.15, 0.2) is 11.4 Å². The summed E-state index contributed by atoms with van der Waals surface area (Å²) in [5.74, 6) is 0.599. The number of nitrogens with zero attached hydrogens (tertiary/aromatic N) is 1. The van der Waals surface area contributed by atoms with Crippen molar-refractivity contribution in [1.82, 2.24) is 0 Å². The molecule has 1 aliphatic heterocycles. The molecule has 0 bridgehead atoms. The maximum atomic E-state index is 11.6. The lowest BCUT2D eigenvalue weighted by Gasteiger charge is -2.33. The molecule has 0 saturated carbocycles. The van der Waals surface area contributed by atoms with Crippen molar-refractivity contribution in [3.8, 4) is 0 Å². The van der Waals surface area contributed by atoms with Crippen molar-refractivity contribution >= 4 is 22.3 Å². The van der Waals surface area contributed by atoms with Crippen molar-refractivity contribution < 1.29 is 9.53 Å². The zero-order valence-electron chi connectivity index (χ0n) is 12.0. The van der Waals surface area contributed by atoms with E-state index in [1.165, 1.54) is 19.3 Å². The number of rotatable bonds is 6. The molecule has 0 aromatic carbocycles. The second-order valence-corrected chi connectivity index (χ2v) is 6.38. The van der Waals surface area contributed by atoms with E-state index in [-0.39, 0.29) is 5.97 Å². The first-order chi connectivity index (χ1) is 9.13. The molecule has 19 heavy (non-hydrogen) atoms. The Balaban J connectivity index is 1.96. The first-order valence-corrected chi connectivity index (χ1v) is 8.02. The van der Waals surface area contributed by atoms with Gasteiger partial charge in [0.25, 0.3) is 0 Å². The fourth-order valence-corrected chi connectivity index (χ4v) is 3.57. The molecular formula is C15H23NO2S. The number of cyclic esters (lactones) is 1. The predicted molar refractivity (Wildman–Crippen MR) is 79.8 cm³/mol. The highest BCUT2D eigenvalue weighted by molar-refractivity contribution is 7.14. The van der Waals surface area contributed by atoms with Gasteiger partial charge >= 0.3 is 5.97 Å². The lowest BCUT2D eigenvalue weighted by molar-refractivity contribution is 0.0473. The number of ether oxygens (including phenoxy) is 1. The number of hydrogen-bond acceptors (Lipinski definition) is 4. The molecule has 0 N–H and O–H groups in total. The molecule has 0 fully saturated rings. The van der Waals surface area contributed by atoms with Crippen LogP contribution in [0.1, 0.15) is 56.8 Å². The number of hydrogen-bond donors (Lipinski definition) is 0. The van der Waals surface area contributed by atoms with Crippen LogP contribution in [-0.4, -0.2) is 18.7 Å². The van der Waals surface area contributed by atoms with Crippen LogP contribution in [0.2, 0.25) is 0 Å². The first-order valence-electron chi connectivity index (χ1n) is 7.14. The summed E-state index contributed by atoms with van der Waals surface area (Å²) < 4.78 is 5.24. The Morgan fingerprint density at radius 1 is 1.37 bits per heavy atom. The van der Waals surface area contributed by atoms with E-state index in [0.29, 0.717) is 12.8 Å². The maximum absolute atomic E-state index is 11.6. The Morgan fingerprint density at radius 3 is 2.89 bits per heavy atom. The topological polar surface area (TPSA) is 29.5 Å². The van der Waals surface area contributed by atoms with Crippen LogP contribution >= 0.6 is 11.3 Å². The fraction of sp³-hybridized carbons (Fsp3) is 0.667. The number of esters is 1. The van der Waals surface area contributed by atoms with Gasteiger partial charge in [-0.25, -0.2) is 4.79 Å². The summed E-state index contributed by atoms with van der Waals surface area (Å²) in [6.45, 7) is 7.18. The van der Waals surface area contributed by atoms with Gasteiger partial charge in [-0.3, -0.25) is 0 Å². The van der Waals surface area contributed by atoms with Gasteiger partial charge < -0.3 is 9.64 Å². The summed E-state index contributed by atoms with van der Waals surface area (Å²) in [5.41, 5.74) is 0.727. The van der Waals surface area contributed by atoms with Gasteiger partial charge in [0, 0.05) is 6.04 Å². The molecule has 1 aromatic heterocycles. The first kappa shape index (κ1) is 14.4. The number of carbonyl (C=O) groups is 1. The molecule has 0 radical (unpaired) electrons. The van der Waals surface area contributed by atoms with E-state index >= 15 is 0 Å². The SMILES string of the molecule is CCCC(C)CCC(C)N1COC(=O)c2ccsc21. The van der Waals surface area contributed by atoms with Crippen molar-refractivity contribution in [3.05, 3.63) is 17.0 Å². The molecule has 2 atom stereocenters. The molecule has 0 amide bonds. The highest BCUT2D eigenvalue weighted by Gasteiger charge is 2.28. The summed E-state index contributed by atoms with van der Waals surface area (Å²) >= 11 is 1.64. The third-order valence-electron chi connectivity index (χ3n) is 3.85. The van der Waals surface area contributed by atoms with Crippen LogP contribution in [0.25, 0.3) is 0 Å². The molecular weight excluding hydrogens is 258 g/mol. The van der Waals surface area contributed by atoms with Crippen molar-refractivity contribution in [3.63, 3.8) is 0 Å². The zero-order chi connectivity index (χ0) is 13.8. The number of fused-ring (bicyclic) bond motifs is 1. The summed E-state index contributed by atoms with van der Waals surface area (Å²) in [4.78, 5) is 13.8. The molecule has 0 spiro atoms. The standard InChI is InChI=1S/C15H23NO2S/c1-4-5-11(2)6-7-12(3)16-10-18-15(17)13-8-9-19-14(13)16/h8-9,11-12H,4-7,10H2,1-3H3. The third-order valence-corrected chi connectivity index (χ3v) is 4.80. The van der Waals surface area contributed by atoms with Gasteiger partial charge in [0.05, 0.1) is 5.56 Å². The minimum Gasteiger partial charge on any atom is -0.441 e. The van der Waals surface area contributed by atoms with E-state index in [1.807, 2.05) is 11.4 Å². The normalized spacial score (nSPS) is 17.8. The van der Waals surface area contributed by atoms with E-state index in [1.54, 1.807) is 11.3 Å². The molecule has 4 heteroatoms. The molecule has 0 saturated heterocycles. The van der Waals surface area contributed by atoms with Crippen LogP contribution in [0, 0.1) is 5.92 Å². The van der Waals surface area contributed by atoms with Gasteiger partial charge in [-0.2, -0.15) is 0 Å². The minimum atomic E-state index is -0.181. The predicted octanol–water partition coefficient (Wildman–Crippen LogP) is 4.29. The molecule has 1 aromatic rings. The largest absolute Gasteiger partial charge is 0.441 e. The Labute approximate surface area is 119 Å².